The van der Waals surface area contributed by atoms with Crippen LogP contribution in [0, 0.1) is 0 Å². The van der Waals surface area contributed by atoms with E-state index in [4.69, 9.17) is 14.2 Å². The third-order valence-corrected chi connectivity index (χ3v) is 4.74. The summed E-state index contributed by atoms with van der Waals surface area (Å²) < 4.78 is 42.5. The molecule has 2 rings (SSSR count). The molecule has 0 saturated heterocycles. The molecule has 6 nitrogen and oxygen atoms in total. The molecule has 130 valence electrons. The maximum Gasteiger partial charge on any atom is 0.233 e. The Hall–Kier alpha value is -2.41. The van der Waals surface area contributed by atoms with Gasteiger partial charge in [0.05, 0.1) is 32.8 Å². The first-order valence-electron chi connectivity index (χ1n) is 7.33. The zero-order valence-corrected chi connectivity index (χ0v) is 14.7. The number of hydrogen-bond donors (Lipinski definition) is 1. The summed E-state index contributed by atoms with van der Waals surface area (Å²) in [6.07, 6.45) is 0.389. The Bertz CT molecular complexity index is 789. The fourth-order valence-corrected chi connectivity index (χ4v) is 3.30. The minimum Gasteiger partial charge on any atom is -0.497 e. The average Bonchev–Trinajstić information content (AvgIpc) is 2.59. The largest absolute Gasteiger partial charge is 0.497 e. The first kappa shape index (κ1) is 17.9. The number of ether oxygens (including phenoxy) is 3. The van der Waals surface area contributed by atoms with Gasteiger partial charge in [-0.15, -0.1) is 0 Å². The van der Waals surface area contributed by atoms with E-state index in [9.17, 15) is 8.42 Å². The molecule has 0 aliphatic rings. The van der Waals surface area contributed by atoms with Gasteiger partial charge in [0.25, 0.3) is 0 Å². The predicted molar refractivity (Wildman–Crippen MR) is 93.7 cm³/mol. The van der Waals surface area contributed by atoms with Crippen LogP contribution in [0.25, 0.3) is 0 Å². The smallest absolute Gasteiger partial charge is 0.233 e. The van der Waals surface area contributed by atoms with Crippen LogP contribution in [-0.2, 0) is 16.4 Å². The summed E-state index contributed by atoms with van der Waals surface area (Å²) in [4.78, 5) is 0. The SMILES string of the molecule is COc1cccc(CCS(=O)(=O)Nc2ccc(OC)c(OC)c2)c1. The third kappa shape index (κ3) is 4.79. The van der Waals surface area contributed by atoms with E-state index >= 15 is 0 Å². The van der Waals surface area contributed by atoms with E-state index in [1.807, 2.05) is 24.3 Å². The molecule has 24 heavy (non-hydrogen) atoms. The molecule has 0 spiro atoms. The molecule has 0 aromatic heterocycles. The van der Waals surface area contributed by atoms with Crippen LogP contribution in [0.5, 0.6) is 17.2 Å². The van der Waals surface area contributed by atoms with Crippen molar-refractivity contribution in [3.63, 3.8) is 0 Å². The summed E-state index contributed by atoms with van der Waals surface area (Å²) in [7, 11) is 1.12. The molecule has 0 aliphatic carbocycles. The molecule has 0 fully saturated rings. The second-order valence-electron chi connectivity index (χ2n) is 5.09. The number of nitrogens with one attached hydrogen (secondary N) is 1. The van der Waals surface area contributed by atoms with Crippen LogP contribution in [0.15, 0.2) is 42.5 Å². The number of hydrogen-bond acceptors (Lipinski definition) is 5. The molecule has 2 aromatic carbocycles. The van der Waals surface area contributed by atoms with Gasteiger partial charge >= 0.3 is 0 Å². The predicted octanol–water partition coefficient (Wildman–Crippen LogP) is 2.70. The molecule has 1 N–H and O–H groups in total. The highest BCUT2D eigenvalue weighted by molar-refractivity contribution is 7.92. The van der Waals surface area contributed by atoms with Gasteiger partial charge in [-0.3, -0.25) is 4.72 Å². The van der Waals surface area contributed by atoms with Gasteiger partial charge < -0.3 is 14.2 Å². The Kier molecular flexibility index (Phi) is 5.92. The van der Waals surface area contributed by atoms with Crippen LogP contribution in [0.2, 0.25) is 0 Å². The Balaban J connectivity index is 2.05. The van der Waals surface area contributed by atoms with E-state index in [2.05, 4.69) is 4.72 Å². The summed E-state index contributed by atoms with van der Waals surface area (Å²) in [6.45, 7) is 0. The lowest BCUT2D eigenvalue weighted by atomic mass is 10.2. The lowest BCUT2D eigenvalue weighted by Crippen LogP contribution is -2.18. The highest BCUT2D eigenvalue weighted by Crippen LogP contribution is 2.30. The first-order valence-corrected chi connectivity index (χ1v) is 8.98. The minimum atomic E-state index is -3.48. The van der Waals surface area contributed by atoms with Crippen LogP contribution in [0.4, 0.5) is 5.69 Å². The molecule has 0 saturated carbocycles. The average molecular weight is 351 g/mol. The molecule has 2 aromatic rings. The zero-order valence-electron chi connectivity index (χ0n) is 13.9. The standard InChI is InChI=1S/C17H21NO5S/c1-21-15-6-4-5-13(11-15)9-10-24(19,20)18-14-7-8-16(22-2)17(12-14)23-3/h4-8,11-12,18H,9-10H2,1-3H3. The lowest BCUT2D eigenvalue weighted by Gasteiger charge is -2.12. The van der Waals surface area contributed by atoms with Gasteiger partial charge in [0.2, 0.25) is 10.0 Å². The summed E-state index contributed by atoms with van der Waals surface area (Å²) >= 11 is 0. The fraction of sp³-hybridized carbons (Fsp3) is 0.294. The van der Waals surface area contributed by atoms with Gasteiger partial charge in [0.15, 0.2) is 11.5 Å². The fourth-order valence-electron chi connectivity index (χ4n) is 2.21. The summed E-state index contributed by atoms with van der Waals surface area (Å²) in [5, 5.41) is 0. The molecule has 0 radical (unpaired) electrons. The van der Waals surface area contributed by atoms with Crippen LogP contribution in [-0.4, -0.2) is 35.5 Å². The van der Waals surface area contributed by atoms with E-state index in [-0.39, 0.29) is 5.75 Å². The van der Waals surface area contributed by atoms with Crippen LogP contribution < -0.4 is 18.9 Å². The van der Waals surface area contributed by atoms with Crippen molar-refractivity contribution in [1.29, 1.82) is 0 Å². The Labute approximate surface area is 142 Å². The van der Waals surface area contributed by atoms with Crippen molar-refractivity contribution in [2.24, 2.45) is 0 Å². The zero-order chi connectivity index (χ0) is 17.6. The molecular weight excluding hydrogens is 330 g/mol. The van der Waals surface area contributed by atoms with Crippen molar-refractivity contribution in [2.75, 3.05) is 31.8 Å². The van der Waals surface area contributed by atoms with Gasteiger partial charge in [-0.1, -0.05) is 12.1 Å². The molecule has 0 heterocycles. The molecule has 0 bridgehead atoms. The Morgan fingerprint density at radius 2 is 1.67 bits per heavy atom. The van der Waals surface area contributed by atoms with Crippen molar-refractivity contribution in [3.05, 3.63) is 48.0 Å². The Morgan fingerprint density at radius 1 is 0.917 bits per heavy atom. The first-order chi connectivity index (χ1) is 11.5. The molecular formula is C17H21NO5S. The van der Waals surface area contributed by atoms with E-state index in [1.165, 1.54) is 14.2 Å². The van der Waals surface area contributed by atoms with Crippen molar-refractivity contribution in [2.45, 2.75) is 6.42 Å². The molecule has 0 aliphatic heterocycles. The maximum absolute atomic E-state index is 12.3. The van der Waals surface area contributed by atoms with Crippen LogP contribution >= 0.6 is 0 Å². The quantitative estimate of drug-likeness (QED) is 0.791. The molecule has 7 heteroatoms. The van der Waals surface area contributed by atoms with Crippen molar-refractivity contribution < 1.29 is 22.6 Å². The summed E-state index contributed by atoms with van der Waals surface area (Å²) in [6, 6.07) is 12.2. The van der Waals surface area contributed by atoms with Crippen molar-refractivity contribution in [1.82, 2.24) is 0 Å². The number of rotatable bonds is 8. The number of methoxy groups -OCH3 is 3. The van der Waals surface area contributed by atoms with E-state index in [1.54, 1.807) is 25.3 Å². The second-order valence-corrected chi connectivity index (χ2v) is 6.93. The van der Waals surface area contributed by atoms with Gasteiger partial charge in [0.1, 0.15) is 5.75 Å². The normalized spacial score (nSPS) is 11.0. The molecule has 0 amide bonds. The number of aryl methyl sites for hydroxylation is 1. The van der Waals surface area contributed by atoms with Crippen LogP contribution in [0.1, 0.15) is 5.56 Å². The number of anilines is 1. The van der Waals surface area contributed by atoms with E-state index in [0.29, 0.717) is 29.4 Å². The van der Waals surface area contributed by atoms with Gasteiger partial charge in [0, 0.05) is 6.07 Å². The lowest BCUT2D eigenvalue weighted by molar-refractivity contribution is 0.355. The monoisotopic (exact) mass is 351 g/mol. The van der Waals surface area contributed by atoms with Gasteiger partial charge in [-0.05, 0) is 36.2 Å². The van der Waals surface area contributed by atoms with Crippen molar-refractivity contribution in [3.8, 4) is 17.2 Å². The third-order valence-electron chi connectivity index (χ3n) is 3.45. The summed E-state index contributed by atoms with van der Waals surface area (Å²) in [5.41, 5.74) is 1.32. The summed E-state index contributed by atoms with van der Waals surface area (Å²) in [5.74, 6) is 1.68. The van der Waals surface area contributed by atoms with E-state index < -0.39 is 10.0 Å². The molecule has 0 unspecified atom stereocenters. The van der Waals surface area contributed by atoms with E-state index in [0.717, 1.165) is 5.56 Å². The second kappa shape index (κ2) is 7.92. The van der Waals surface area contributed by atoms with Crippen molar-refractivity contribution >= 4 is 15.7 Å². The highest BCUT2D eigenvalue weighted by Gasteiger charge is 2.13. The number of sulfonamides is 1. The Morgan fingerprint density at radius 3 is 2.33 bits per heavy atom. The van der Waals surface area contributed by atoms with Gasteiger partial charge in [-0.2, -0.15) is 0 Å². The minimum absolute atomic E-state index is 0.0332. The highest BCUT2D eigenvalue weighted by atomic mass is 32.2. The maximum atomic E-state index is 12.3. The van der Waals surface area contributed by atoms with Gasteiger partial charge in [-0.25, -0.2) is 8.42 Å². The topological polar surface area (TPSA) is 73.9 Å². The van der Waals surface area contributed by atoms with Crippen LogP contribution in [0.3, 0.4) is 0 Å². The number of benzene rings is 2. The molecule has 0 atom stereocenters.